The number of aryl methyl sites for hydroxylation is 1. The molecule has 1 aromatic rings. The Hall–Kier alpha value is -1.16. The minimum atomic E-state index is -0.0423. The van der Waals surface area contributed by atoms with Gasteiger partial charge in [0.15, 0.2) is 0 Å². The fourth-order valence-electron chi connectivity index (χ4n) is 2.23. The lowest BCUT2D eigenvalue weighted by atomic mass is 9.94. The molecular formula is C14H16BrNO2. The molecular weight excluding hydrogens is 294 g/mol. The summed E-state index contributed by atoms with van der Waals surface area (Å²) in [6.45, 7) is 1.92. The molecule has 1 fully saturated rings. The van der Waals surface area contributed by atoms with Crippen LogP contribution in [0.4, 0.5) is 0 Å². The van der Waals surface area contributed by atoms with E-state index in [4.69, 9.17) is 0 Å². The summed E-state index contributed by atoms with van der Waals surface area (Å²) >= 11 is 3.38. The maximum atomic E-state index is 12.1. The van der Waals surface area contributed by atoms with E-state index in [9.17, 15) is 9.59 Å². The lowest BCUT2D eigenvalue weighted by Crippen LogP contribution is -2.38. The second kappa shape index (κ2) is 5.65. The third-order valence-corrected chi connectivity index (χ3v) is 3.80. The van der Waals surface area contributed by atoms with Gasteiger partial charge in [-0.05, 0) is 43.5 Å². The number of hydrogen-bond acceptors (Lipinski definition) is 2. The molecule has 1 aliphatic carbocycles. The van der Waals surface area contributed by atoms with Crippen molar-refractivity contribution in [2.75, 3.05) is 0 Å². The number of amides is 1. The number of benzene rings is 1. The second-order valence-corrected chi connectivity index (χ2v) is 5.66. The highest BCUT2D eigenvalue weighted by molar-refractivity contribution is 9.10. The maximum absolute atomic E-state index is 12.1. The second-order valence-electron chi connectivity index (χ2n) is 4.75. The average Bonchev–Trinajstić information content (AvgIpc) is 2.32. The fourth-order valence-corrected chi connectivity index (χ4v) is 2.70. The van der Waals surface area contributed by atoms with E-state index < -0.39 is 0 Å². The summed E-state index contributed by atoms with van der Waals surface area (Å²) in [6, 6.07) is 5.76. The molecule has 1 saturated carbocycles. The minimum Gasteiger partial charge on any atom is -0.349 e. The van der Waals surface area contributed by atoms with Gasteiger partial charge in [-0.15, -0.1) is 0 Å². The van der Waals surface area contributed by atoms with Crippen LogP contribution < -0.4 is 5.32 Å². The van der Waals surface area contributed by atoms with Crippen molar-refractivity contribution in [2.45, 2.75) is 38.6 Å². The van der Waals surface area contributed by atoms with Crippen LogP contribution >= 0.6 is 15.9 Å². The van der Waals surface area contributed by atoms with Crippen LogP contribution in [0.2, 0.25) is 0 Å². The highest BCUT2D eigenvalue weighted by Gasteiger charge is 2.21. The number of ketones is 1. The van der Waals surface area contributed by atoms with Gasteiger partial charge in [0.05, 0.1) is 0 Å². The molecule has 0 atom stereocenters. The van der Waals surface area contributed by atoms with E-state index in [1.165, 1.54) is 0 Å². The molecule has 0 aromatic heterocycles. The summed E-state index contributed by atoms with van der Waals surface area (Å²) in [6.07, 6.45) is 2.70. The number of halogens is 1. The van der Waals surface area contributed by atoms with Gasteiger partial charge in [0.2, 0.25) is 0 Å². The molecule has 3 nitrogen and oxygen atoms in total. The number of nitrogens with one attached hydrogen (secondary N) is 1. The van der Waals surface area contributed by atoms with Gasteiger partial charge in [-0.3, -0.25) is 9.59 Å². The van der Waals surface area contributed by atoms with E-state index in [0.29, 0.717) is 24.2 Å². The van der Waals surface area contributed by atoms with Crippen LogP contribution in [0.1, 0.15) is 41.6 Å². The highest BCUT2D eigenvalue weighted by Crippen LogP contribution is 2.18. The van der Waals surface area contributed by atoms with E-state index >= 15 is 0 Å². The van der Waals surface area contributed by atoms with Crippen molar-refractivity contribution in [3.8, 4) is 0 Å². The quantitative estimate of drug-likeness (QED) is 0.913. The summed E-state index contributed by atoms with van der Waals surface area (Å²) in [5.74, 6) is 0.264. The van der Waals surface area contributed by atoms with Crippen LogP contribution in [-0.4, -0.2) is 17.7 Å². The van der Waals surface area contributed by atoms with Crippen LogP contribution in [0.3, 0.4) is 0 Å². The molecule has 96 valence electrons. The molecule has 0 spiro atoms. The fraction of sp³-hybridized carbons (Fsp3) is 0.429. The molecule has 1 N–H and O–H groups in total. The smallest absolute Gasteiger partial charge is 0.251 e. The monoisotopic (exact) mass is 309 g/mol. The zero-order valence-corrected chi connectivity index (χ0v) is 11.9. The Morgan fingerprint density at radius 2 is 2.00 bits per heavy atom. The first kappa shape index (κ1) is 13.3. The number of carbonyl (C=O) groups is 2. The van der Waals surface area contributed by atoms with Crippen LogP contribution in [0.5, 0.6) is 0 Å². The van der Waals surface area contributed by atoms with Crippen molar-refractivity contribution >= 4 is 27.6 Å². The number of Topliss-reactive ketones (excluding diaryl/α,β-unsaturated/α-hetero) is 1. The number of rotatable bonds is 2. The van der Waals surface area contributed by atoms with Gasteiger partial charge < -0.3 is 5.32 Å². The number of hydrogen-bond donors (Lipinski definition) is 1. The summed E-state index contributed by atoms with van der Waals surface area (Å²) in [5, 5.41) is 3.01. The Kier molecular flexibility index (Phi) is 4.17. The molecule has 0 unspecified atom stereocenters. The molecule has 0 bridgehead atoms. The normalized spacial score (nSPS) is 16.7. The van der Waals surface area contributed by atoms with Crippen molar-refractivity contribution in [3.05, 3.63) is 33.8 Å². The summed E-state index contributed by atoms with van der Waals surface area (Å²) in [4.78, 5) is 23.3. The van der Waals surface area contributed by atoms with Crippen molar-refractivity contribution < 1.29 is 9.59 Å². The zero-order chi connectivity index (χ0) is 13.1. The molecule has 1 amide bonds. The summed E-state index contributed by atoms with van der Waals surface area (Å²) in [5.41, 5.74) is 1.66. The molecule has 4 heteroatoms. The van der Waals surface area contributed by atoms with Crippen molar-refractivity contribution in [2.24, 2.45) is 0 Å². The van der Waals surface area contributed by atoms with Crippen LogP contribution in [-0.2, 0) is 4.79 Å². The molecule has 0 heterocycles. The lowest BCUT2D eigenvalue weighted by molar-refractivity contribution is -0.120. The van der Waals surface area contributed by atoms with Gasteiger partial charge in [0.25, 0.3) is 5.91 Å². The molecule has 0 saturated heterocycles. The van der Waals surface area contributed by atoms with Gasteiger partial charge in [-0.1, -0.05) is 15.9 Å². The topological polar surface area (TPSA) is 46.2 Å². The molecule has 0 radical (unpaired) electrons. The molecule has 1 aliphatic rings. The Balaban J connectivity index is 2.01. The van der Waals surface area contributed by atoms with Gasteiger partial charge >= 0.3 is 0 Å². The van der Waals surface area contributed by atoms with Gasteiger partial charge in [-0.25, -0.2) is 0 Å². The van der Waals surface area contributed by atoms with Crippen molar-refractivity contribution in [1.29, 1.82) is 0 Å². The van der Waals surface area contributed by atoms with E-state index in [2.05, 4.69) is 21.2 Å². The maximum Gasteiger partial charge on any atom is 0.251 e. The highest BCUT2D eigenvalue weighted by atomic mass is 79.9. The van der Waals surface area contributed by atoms with Gasteiger partial charge in [0.1, 0.15) is 5.78 Å². The summed E-state index contributed by atoms with van der Waals surface area (Å²) < 4.78 is 0.972. The standard InChI is InChI=1S/C14H16BrNO2/c1-9-8-10(15)2-7-13(9)14(18)16-11-3-5-12(17)6-4-11/h2,7-8,11H,3-6H2,1H3,(H,16,18). The largest absolute Gasteiger partial charge is 0.349 e. The Morgan fingerprint density at radius 1 is 1.33 bits per heavy atom. The van der Waals surface area contributed by atoms with Crippen LogP contribution in [0.15, 0.2) is 22.7 Å². The first-order valence-corrected chi connectivity index (χ1v) is 6.94. The third kappa shape index (κ3) is 3.19. The van der Waals surface area contributed by atoms with Crippen molar-refractivity contribution in [3.63, 3.8) is 0 Å². The average molecular weight is 310 g/mol. The van der Waals surface area contributed by atoms with Gasteiger partial charge in [0, 0.05) is 28.9 Å². The van der Waals surface area contributed by atoms with E-state index in [0.717, 1.165) is 22.9 Å². The molecule has 2 rings (SSSR count). The van der Waals surface area contributed by atoms with E-state index in [1.54, 1.807) is 0 Å². The lowest BCUT2D eigenvalue weighted by Gasteiger charge is -2.22. The van der Waals surface area contributed by atoms with E-state index in [-0.39, 0.29) is 11.9 Å². The minimum absolute atomic E-state index is 0.0423. The zero-order valence-electron chi connectivity index (χ0n) is 10.3. The van der Waals surface area contributed by atoms with Crippen molar-refractivity contribution in [1.82, 2.24) is 5.32 Å². The number of carbonyl (C=O) groups excluding carboxylic acids is 2. The Labute approximate surface area is 115 Å². The molecule has 18 heavy (non-hydrogen) atoms. The van der Waals surface area contributed by atoms with Gasteiger partial charge in [-0.2, -0.15) is 0 Å². The SMILES string of the molecule is Cc1cc(Br)ccc1C(=O)NC1CCC(=O)CC1. The predicted octanol–water partition coefficient (Wildman–Crippen LogP) is 3.00. The predicted molar refractivity (Wildman–Crippen MR) is 73.6 cm³/mol. The van der Waals surface area contributed by atoms with E-state index in [1.807, 2.05) is 25.1 Å². The Bertz CT molecular complexity index is 475. The van der Waals surface area contributed by atoms with Crippen LogP contribution in [0, 0.1) is 6.92 Å². The summed E-state index contributed by atoms with van der Waals surface area (Å²) in [7, 11) is 0. The Morgan fingerprint density at radius 3 is 2.61 bits per heavy atom. The first-order valence-electron chi connectivity index (χ1n) is 6.15. The molecule has 0 aliphatic heterocycles. The molecule has 1 aromatic carbocycles. The third-order valence-electron chi connectivity index (χ3n) is 3.31. The first-order chi connectivity index (χ1) is 8.56. The van der Waals surface area contributed by atoms with Crippen LogP contribution in [0.25, 0.3) is 0 Å².